The van der Waals surface area contributed by atoms with Crippen LogP contribution >= 0.6 is 0 Å². The highest BCUT2D eigenvalue weighted by Gasteiger charge is 1.82. The number of likely N-dealkylation sites (N-methyl/N-ethyl adjacent to an activating group) is 1. The molecule has 0 aliphatic carbocycles. The molecule has 4 heteroatoms. The van der Waals surface area contributed by atoms with E-state index in [-0.39, 0.29) is 5.78 Å². The van der Waals surface area contributed by atoms with Gasteiger partial charge in [-0.15, -0.1) is 0 Å². The van der Waals surface area contributed by atoms with Gasteiger partial charge in [-0.2, -0.15) is 0 Å². The van der Waals surface area contributed by atoms with Gasteiger partial charge < -0.3 is 10.3 Å². The first-order valence-electron chi connectivity index (χ1n) is 4.34. The van der Waals surface area contributed by atoms with E-state index in [1.807, 2.05) is 13.8 Å². The fraction of sp³-hybridized carbons (Fsp3) is 0.556. The van der Waals surface area contributed by atoms with Crippen molar-refractivity contribution >= 4 is 5.78 Å². The number of H-pyrrole nitrogens is 1. The second kappa shape index (κ2) is 13.4. The molecule has 0 unspecified atom stereocenters. The van der Waals surface area contributed by atoms with Crippen LogP contribution < -0.4 is 5.32 Å². The zero-order valence-corrected chi connectivity index (χ0v) is 8.79. The smallest absolute Gasteiger partial charge is 0.143 e. The van der Waals surface area contributed by atoms with Crippen molar-refractivity contribution in [2.75, 3.05) is 13.6 Å². The van der Waals surface area contributed by atoms with Crippen molar-refractivity contribution in [1.82, 2.24) is 15.3 Å². The summed E-state index contributed by atoms with van der Waals surface area (Å²) in [4.78, 5) is 16.4. The number of nitrogens with zero attached hydrogens (tertiary/aromatic N) is 1. The average molecular weight is 185 g/mol. The maximum atomic E-state index is 9.98. The average Bonchev–Trinajstić information content (AvgIpc) is 2.64. The van der Waals surface area contributed by atoms with E-state index in [2.05, 4.69) is 15.3 Å². The number of aromatic amines is 1. The maximum Gasteiger partial charge on any atom is 0.143 e. The maximum absolute atomic E-state index is 9.98. The highest BCUT2D eigenvalue weighted by molar-refractivity contribution is 5.77. The van der Waals surface area contributed by atoms with Crippen LogP contribution in [0.5, 0.6) is 0 Å². The SMILES string of the molecule is CC.CNCC(C)=O.c1c[nH]cn1. The fourth-order valence-electron chi connectivity index (χ4n) is 0.464. The highest BCUT2D eigenvalue weighted by Crippen LogP contribution is 1.62. The van der Waals surface area contributed by atoms with Crippen molar-refractivity contribution in [3.05, 3.63) is 18.7 Å². The van der Waals surface area contributed by atoms with Crippen molar-refractivity contribution in [3.8, 4) is 0 Å². The molecule has 0 amide bonds. The summed E-state index contributed by atoms with van der Waals surface area (Å²) in [5.41, 5.74) is 0. The Morgan fingerprint density at radius 3 is 2.23 bits per heavy atom. The van der Waals surface area contributed by atoms with Crippen molar-refractivity contribution in [1.29, 1.82) is 0 Å². The van der Waals surface area contributed by atoms with E-state index < -0.39 is 0 Å². The van der Waals surface area contributed by atoms with Crippen LogP contribution in [0, 0.1) is 0 Å². The van der Waals surface area contributed by atoms with E-state index in [4.69, 9.17) is 0 Å². The first kappa shape index (κ1) is 14.4. The number of imidazole rings is 1. The molecule has 0 radical (unpaired) electrons. The van der Waals surface area contributed by atoms with Crippen LogP contribution in [0.4, 0.5) is 0 Å². The molecule has 1 heterocycles. The molecule has 76 valence electrons. The Bertz CT molecular complexity index is 156. The third-order valence-corrected chi connectivity index (χ3v) is 0.832. The minimum atomic E-state index is 0.178. The zero-order chi connectivity index (χ0) is 10.5. The summed E-state index contributed by atoms with van der Waals surface area (Å²) in [7, 11) is 1.75. The number of carbonyl (C=O) groups excluding carboxylic acids is 1. The molecule has 0 spiro atoms. The lowest BCUT2D eigenvalue weighted by atomic mass is 10.5. The number of nitrogens with one attached hydrogen (secondary N) is 2. The lowest BCUT2D eigenvalue weighted by Crippen LogP contribution is -2.14. The second-order valence-corrected chi connectivity index (χ2v) is 1.99. The first-order valence-corrected chi connectivity index (χ1v) is 4.34. The van der Waals surface area contributed by atoms with Gasteiger partial charge in [-0.05, 0) is 14.0 Å². The molecule has 0 saturated heterocycles. The van der Waals surface area contributed by atoms with Crippen LogP contribution in [0.1, 0.15) is 20.8 Å². The summed E-state index contributed by atoms with van der Waals surface area (Å²) in [5.74, 6) is 0.178. The molecule has 0 fully saturated rings. The van der Waals surface area contributed by atoms with E-state index >= 15 is 0 Å². The normalized spacial score (nSPS) is 7.38. The molecule has 0 saturated carbocycles. The van der Waals surface area contributed by atoms with Crippen LogP contribution in [-0.4, -0.2) is 29.3 Å². The van der Waals surface area contributed by atoms with Gasteiger partial charge in [0.15, 0.2) is 0 Å². The van der Waals surface area contributed by atoms with Gasteiger partial charge in [0.2, 0.25) is 0 Å². The molecular formula is C9H19N3O. The van der Waals surface area contributed by atoms with Gasteiger partial charge in [-0.3, -0.25) is 4.79 Å². The lowest BCUT2D eigenvalue weighted by Gasteiger charge is -1.85. The van der Waals surface area contributed by atoms with Gasteiger partial charge in [-0.25, -0.2) is 4.98 Å². The summed E-state index contributed by atoms with van der Waals surface area (Å²) in [5, 5.41) is 2.72. The summed E-state index contributed by atoms with van der Waals surface area (Å²) < 4.78 is 0. The summed E-state index contributed by atoms with van der Waals surface area (Å²) in [6.45, 7) is 6.04. The Balaban J connectivity index is 0. The van der Waals surface area contributed by atoms with Gasteiger partial charge in [0, 0.05) is 12.4 Å². The molecule has 0 aliphatic rings. The summed E-state index contributed by atoms with van der Waals surface area (Å²) in [6.07, 6.45) is 5.08. The predicted molar refractivity (Wildman–Crippen MR) is 54.5 cm³/mol. The quantitative estimate of drug-likeness (QED) is 0.728. The molecule has 1 aromatic rings. The third-order valence-electron chi connectivity index (χ3n) is 0.832. The van der Waals surface area contributed by atoms with Crippen LogP contribution in [0.2, 0.25) is 0 Å². The Labute approximate surface area is 79.8 Å². The van der Waals surface area contributed by atoms with Crippen LogP contribution in [0.3, 0.4) is 0 Å². The largest absolute Gasteiger partial charge is 0.351 e. The van der Waals surface area contributed by atoms with E-state index in [1.54, 1.807) is 32.7 Å². The molecule has 13 heavy (non-hydrogen) atoms. The zero-order valence-electron chi connectivity index (χ0n) is 8.79. The van der Waals surface area contributed by atoms with Crippen molar-refractivity contribution < 1.29 is 4.79 Å². The third kappa shape index (κ3) is 18.1. The Kier molecular flexibility index (Phi) is 14.8. The Hall–Kier alpha value is -1.16. The number of hydrogen-bond acceptors (Lipinski definition) is 3. The molecule has 0 aromatic carbocycles. The van der Waals surface area contributed by atoms with Crippen molar-refractivity contribution in [2.24, 2.45) is 0 Å². The lowest BCUT2D eigenvalue weighted by molar-refractivity contribution is -0.116. The number of hydrogen-bond donors (Lipinski definition) is 2. The Morgan fingerprint density at radius 1 is 1.54 bits per heavy atom. The van der Waals surface area contributed by atoms with Gasteiger partial charge in [-0.1, -0.05) is 13.8 Å². The first-order chi connectivity index (χ1) is 6.27. The summed E-state index contributed by atoms with van der Waals surface area (Å²) in [6, 6.07) is 0. The number of ketones is 1. The van der Waals surface area contributed by atoms with E-state index in [0.717, 1.165) is 0 Å². The molecule has 1 rings (SSSR count). The molecule has 0 atom stereocenters. The van der Waals surface area contributed by atoms with Gasteiger partial charge in [0.05, 0.1) is 12.9 Å². The van der Waals surface area contributed by atoms with Crippen LogP contribution in [0.25, 0.3) is 0 Å². The Morgan fingerprint density at radius 2 is 2.15 bits per heavy atom. The molecule has 2 N–H and O–H groups in total. The molecule has 0 bridgehead atoms. The van der Waals surface area contributed by atoms with Gasteiger partial charge in [0.1, 0.15) is 5.78 Å². The monoisotopic (exact) mass is 185 g/mol. The van der Waals surface area contributed by atoms with Crippen molar-refractivity contribution in [2.45, 2.75) is 20.8 Å². The van der Waals surface area contributed by atoms with E-state index in [0.29, 0.717) is 6.54 Å². The van der Waals surface area contributed by atoms with Gasteiger partial charge in [0.25, 0.3) is 0 Å². The van der Waals surface area contributed by atoms with Crippen LogP contribution in [-0.2, 0) is 4.79 Å². The van der Waals surface area contributed by atoms with Gasteiger partial charge >= 0.3 is 0 Å². The number of rotatable bonds is 2. The molecule has 1 aromatic heterocycles. The topological polar surface area (TPSA) is 57.8 Å². The number of carbonyl (C=O) groups is 1. The fourth-order valence-corrected chi connectivity index (χ4v) is 0.464. The summed E-state index contributed by atoms with van der Waals surface area (Å²) >= 11 is 0. The van der Waals surface area contributed by atoms with E-state index in [1.165, 1.54) is 0 Å². The minimum absolute atomic E-state index is 0.178. The second-order valence-electron chi connectivity index (χ2n) is 1.99. The number of Topliss-reactive ketones (excluding diaryl/α,β-unsaturated/α-hetero) is 1. The molecule has 4 nitrogen and oxygen atoms in total. The molecule has 0 aliphatic heterocycles. The van der Waals surface area contributed by atoms with Crippen molar-refractivity contribution in [3.63, 3.8) is 0 Å². The molecular weight excluding hydrogens is 166 g/mol. The minimum Gasteiger partial charge on any atom is -0.351 e. The number of aromatic nitrogens is 2. The highest BCUT2D eigenvalue weighted by atomic mass is 16.1. The van der Waals surface area contributed by atoms with E-state index in [9.17, 15) is 4.79 Å². The predicted octanol–water partition coefficient (Wildman–Crippen LogP) is 1.23. The van der Waals surface area contributed by atoms with Crippen LogP contribution in [0.15, 0.2) is 18.7 Å². The standard InChI is InChI=1S/C4H9NO.C3H4N2.C2H6/c1-4(6)3-5-2;1-2-5-3-4-1;1-2/h5H,3H2,1-2H3;1-3H,(H,4,5);1-2H3.